The number of benzene rings is 1. The zero-order valence-electron chi connectivity index (χ0n) is 12.4. The lowest BCUT2D eigenvalue weighted by Gasteiger charge is -2.25. The van der Waals surface area contributed by atoms with Gasteiger partial charge in [0, 0.05) is 20.9 Å². The van der Waals surface area contributed by atoms with Gasteiger partial charge < -0.3 is 0 Å². The Kier molecular flexibility index (Phi) is 3.50. The topological polar surface area (TPSA) is 42.7 Å². The molecule has 0 spiro atoms. The van der Waals surface area contributed by atoms with Gasteiger partial charge in [-0.1, -0.05) is 56.3 Å². The first-order valence-corrected chi connectivity index (χ1v) is 7.93. The quantitative estimate of drug-likeness (QED) is 0.852. The average Bonchev–Trinajstić information content (AvgIpc) is 2.81. The van der Waals surface area contributed by atoms with Gasteiger partial charge in [0.2, 0.25) is 5.16 Å². The Morgan fingerprint density at radius 3 is 2.43 bits per heavy atom. The first-order chi connectivity index (χ1) is 9.86. The minimum absolute atomic E-state index is 0.0742. The number of thioether (sulfide) groups is 1. The highest BCUT2D eigenvalue weighted by atomic mass is 35.5. The van der Waals surface area contributed by atoms with E-state index < -0.39 is 0 Å². The van der Waals surface area contributed by atoms with Gasteiger partial charge in [0.05, 0.1) is 5.70 Å². The zero-order chi connectivity index (χ0) is 15.2. The lowest BCUT2D eigenvalue weighted by Crippen LogP contribution is -2.27. The maximum absolute atomic E-state index is 5.97. The van der Waals surface area contributed by atoms with Crippen LogP contribution in [0.1, 0.15) is 39.1 Å². The van der Waals surface area contributed by atoms with E-state index in [-0.39, 0.29) is 5.41 Å². The van der Waals surface area contributed by atoms with Gasteiger partial charge in [0.25, 0.3) is 0 Å². The van der Waals surface area contributed by atoms with Crippen molar-refractivity contribution in [1.29, 1.82) is 0 Å². The van der Waals surface area contributed by atoms with Crippen molar-refractivity contribution in [2.24, 2.45) is 0 Å². The number of fused-ring (bicyclic) bond motifs is 1. The molecule has 0 aliphatic carbocycles. The van der Waals surface area contributed by atoms with Gasteiger partial charge >= 0.3 is 0 Å². The summed E-state index contributed by atoms with van der Waals surface area (Å²) in [5, 5.41) is 10.2. The molecule has 0 bridgehead atoms. The van der Waals surface area contributed by atoms with Crippen LogP contribution in [0.3, 0.4) is 0 Å². The number of nitrogens with zero attached hydrogens (tertiary/aromatic N) is 3. The molecule has 1 aromatic carbocycles. The van der Waals surface area contributed by atoms with Gasteiger partial charge in [0.15, 0.2) is 5.82 Å². The average molecular weight is 321 g/mol. The second kappa shape index (κ2) is 5.07. The number of halogens is 1. The van der Waals surface area contributed by atoms with Crippen molar-refractivity contribution in [2.75, 3.05) is 5.43 Å². The van der Waals surface area contributed by atoms with Crippen LogP contribution < -0.4 is 5.43 Å². The summed E-state index contributed by atoms with van der Waals surface area (Å²) in [5.41, 5.74) is 5.54. The fourth-order valence-corrected chi connectivity index (χ4v) is 3.16. The third-order valence-electron chi connectivity index (χ3n) is 3.26. The Balaban J connectivity index is 2.02. The van der Waals surface area contributed by atoms with E-state index in [1.165, 1.54) is 0 Å². The third kappa shape index (κ3) is 2.68. The van der Waals surface area contributed by atoms with Gasteiger partial charge in [-0.3, -0.25) is 5.43 Å². The summed E-state index contributed by atoms with van der Waals surface area (Å²) >= 11 is 7.60. The molecule has 110 valence electrons. The largest absolute Gasteiger partial charge is 0.289 e. The van der Waals surface area contributed by atoms with Crippen molar-refractivity contribution in [3.05, 3.63) is 45.6 Å². The summed E-state index contributed by atoms with van der Waals surface area (Å²) in [4.78, 5) is 1.16. The maximum atomic E-state index is 5.97. The van der Waals surface area contributed by atoms with Crippen LogP contribution in [0.15, 0.2) is 34.3 Å². The predicted molar refractivity (Wildman–Crippen MR) is 88.0 cm³/mol. The number of hydrogen-bond acceptors (Lipinski definition) is 4. The Hall–Kier alpha value is -1.46. The molecule has 0 saturated heterocycles. The van der Waals surface area contributed by atoms with Crippen LogP contribution in [0.4, 0.5) is 0 Å². The first-order valence-electron chi connectivity index (χ1n) is 6.74. The fourth-order valence-electron chi connectivity index (χ4n) is 2.19. The van der Waals surface area contributed by atoms with Crippen molar-refractivity contribution in [3.63, 3.8) is 0 Å². The van der Waals surface area contributed by atoms with Crippen LogP contribution in [0.25, 0.3) is 5.70 Å². The number of hydrogen-bond donors (Lipinski definition) is 1. The van der Waals surface area contributed by atoms with Gasteiger partial charge in [-0.2, -0.15) is 0 Å². The SMILES string of the molecule is CC1=C(c2ccc(Cl)cc2)Nn2c(nnc2C(C)(C)C)S1. The van der Waals surface area contributed by atoms with Crippen molar-refractivity contribution >= 4 is 29.1 Å². The van der Waals surface area contributed by atoms with Gasteiger partial charge in [0.1, 0.15) is 0 Å². The Morgan fingerprint density at radius 1 is 1.14 bits per heavy atom. The molecule has 0 fully saturated rings. The third-order valence-corrected chi connectivity index (χ3v) is 4.47. The summed E-state index contributed by atoms with van der Waals surface area (Å²) in [7, 11) is 0. The summed E-state index contributed by atoms with van der Waals surface area (Å²) in [6.45, 7) is 8.47. The first kappa shape index (κ1) is 14.5. The van der Waals surface area contributed by atoms with E-state index in [4.69, 9.17) is 11.6 Å². The molecule has 0 amide bonds. The van der Waals surface area contributed by atoms with Crippen molar-refractivity contribution in [2.45, 2.75) is 38.3 Å². The molecule has 0 atom stereocenters. The van der Waals surface area contributed by atoms with E-state index in [0.717, 1.165) is 32.2 Å². The Labute approximate surface area is 133 Å². The molecule has 1 aliphatic heterocycles. The number of aromatic nitrogens is 3. The highest BCUT2D eigenvalue weighted by Gasteiger charge is 2.28. The van der Waals surface area contributed by atoms with Crippen molar-refractivity contribution < 1.29 is 0 Å². The van der Waals surface area contributed by atoms with Crippen molar-refractivity contribution in [3.8, 4) is 0 Å². The second-order valence-corrected chi connectivity index (χ2v) is 7.66. The van der Waals surface area contributed by atoms with E-state index in [0.29, 0.717) is 0 Å². The van der Waals surface area contributed by atoms with E-state index in [1.807, 2.05) is 28.9 Å². The van der Waals surface area contributed by atoms with E-state index in [9.17, 15) is 0 Å². The van der Waals surface area contributed by atoms with Crippen LogP contribution in [0.5, 0.6) is 0 Å². The highest BCUT2D eigenvalue weighted by molar-refractivity contribution is 8.03. The minimum Gasteiger partial charge on any atom is -0.289 e. The molecular weight excluding hydrogens is 304 g/mol. The van der Waals surface area contributed by atoms with Crippen LogP contribution >= 0.6 is 23.4 Å². The second-order valence-electron chi connectivity index (χ2n) is 6.04. The smallest absolute Gasteiger partial charge is 0.214 e. The van der Waals surface area contributed by atoms with Crippen LogP contribution in [0, 0.1) is 0 Å². The lowest BCUT2D eigenvalue weighted by atomic mass is 9.96. The fraction of sp³-hybridized carbons (Fsp3) is 0.333. The molecule has 2 heterocycles. The van der Waals surface area contributed by atoms with Gasteiger partial charge in [-0.15, -0.1) is 10.2 Å². The molecule has 0 saturated carbocycles. The zero-order valence-corrected chi connectivity index (χ0v) is 14.0. The summed E-state index contributed by atoms with van der Waals surface area (Å²) in [5.74, 6) is 0.920. The van der Waals surface area contributed by atoms with E-state index in [1.54, 1.807) is 11.8 Å². The molecular formula is C15H17ClN4S. The van der Waals surface area contributed by atoms with Gasteiger partial charge in [-0.25, -0.2) is 4.68 Å². The lowest BCUT2D eigenvalue weighted by molar-refractivity contribution is 0.520. The minimum atomic E-state index is -0.0742. The number of rotatable bonds is 1. The van der Waals surface area contributed by atoms with Crippen LogP contribution in [-0.2, 0) is 5.41 Å². The summed E-state index contributed by atoms with van der Waals surface area (Å²) in [6, 6.07) is 7.83. The molecule has 3 rings (SSSR count). The van der Waals surface area contributed by atoms with Crippen LogP contribution in [-0.4, -0.2) is 14.9 Å². The molecule has 4 nitrogen and oxygen atoms in total. The van der Waals surface area contributed by atoms with Crippen LogP contribution in [0.2, 0.25) is 5.02 Å². The molecule has 21 heavy (non-hydrogen) atoms. The number of nitrogens with one attached hydrogen (secondary N) is 1. The maximum Gasteiger partial charge on any atom is 0.214 e. The van der Waals surface area contributed by atoms with E-state index >= 15 is 0 Å². The standard InChI is InChI=1S/C15H17ClN4S/c1-9-12(10-5-7-11(16)8-6-10)19-20-13(15(2,3)4)17-18-14(20)21-9/h5-8,19H,1-4H3. The molecule has 0 unspecified atom stereocenters. The normalized spacial score (nSPS) is 14.9. The molecule has 0 radical (unpaired) electrons. The predicted octanol–water partition coefficient (Wildman–Crippen LogP) is 4.27. The molecule has 2 aromatic rings. The molecule has 6 heteroatoms. The van der Waals surface area contributed by atoms with Gasteiger partial charge in [-0.05, 0) is 19.1 Å². The summed E-state index contributed by atoms with van der Waals surface area (Å²) < 4.78 is 1.97. The molecule has 1 aromatic heterocycles. The van der Waals surface area contributed by atoms with E-state index in [2.05, 4.69) is 43.3 Å². The monoisotopic (exact) mass is 320 g/mol. The number of allylic oxidation sites excluding steroid dienone is 1. The highest BCUT2D eigenvalue weighted by Crippen LogP contribution is 2.37. The summed E-state index contributed by atoms with van der Waals surface area (Å²) in [6.07, 6.45) is 0. The molecule has 1 N–H and O–H groups in total. The molecule has 1 aliphatic rings. The van der Waals surface area contributed by atoms with Crippen molar-refractivity contribution in [1.82, 2.24) is 14.9 Å². The Morgan fingerprint density at radius 2 is 1.81 bits per heavy atom. The Bertz CT molecular complexity index is 710.